The van der Waals surface area contributed by atoms with Gasteiger partial charge < -0.3 is 19.6 Å². The van der Waals surface area contributed by atoms with E-state index in [0.717, 1.165) is 0 Å². The van der Waals surface area contributed by atoms with Gasteiger partial charge in [0.15, 0.2) is 37.7 Å². The number of halogens is 1. The van der Waals surface area contributed by atoms with Crippen molar-refractivity contribution >= 4 is 31.2 Å². The summed E-state index contributed by atoms with van der Waals surface area (Å²) in [6.07, 6.45) is -1.72. The standard InChI is InChI=1S/C23H30FN5O4Si/c1-23(2,3)34(4,5)33-18-15(11-30)32-22(16(18)24)29-13-27-17-19(25-12-26-20(17)29)28-21(31)14-9-7-6-8-10-14/h6-10,12-13,15-16,18,22,30H,11H2,1-5H3,(H,25,26,28,31)/t15-,16-,18-,22?/m1/s1. The Bertz CT molecular complexity index is 1170. The van der Waals surface area contributed by atoms with E-state index in [1.165, 1.54) is 17.2 Å². The fraction of sp³-hybridized carbons (Fsp3) is 0.478. The summed E-state index contributed by atoms with van der Waals surface area (Å²) in [5, 5.41) is 12.5. The number of aliphatic hydroxyl groups is 1. The van der Waals surface area contributed by atoms with E-state index in [2.05, 4.69) is 41.0 Å². The minimum absolute atomic E-state index is 0.133. The molecule has 1 aliphatic heterocycles. The fourth-order valence-electron chi connectivity index (χ4n) is 3.62. The van der Waals surface area contributed by atoms with Crippen molar-refractivity contribution in [2.24, 2.45) is 0 Å². The second kappa shape index (κ2) is 9.14. The Hall–Kier alpha value is -2.73. The lowest BCUT2D eigenvalue weighted by atomic mass is 10.1. The molecule has 182 valence electrons. The zero-order valence-corrected chi connectivity index (χ0v) is 20.9. The molecule has 0 aliphatic carbocycles. The van der Waals surface area contributed by atoms with Crippen LogP contribution >= 0.6 is 0 Å². The monoisotopic (exact) mass is 487 g/mol. The third kappa shape index (κ3) is 4.48. The quantitative estimate of drug-likeness (QED) is 0.510. The number of fused-ring (bicyclic) bond motifs is 1. The molecule has 1 aromatic carbocycles. The number of hydrogen-bond donors (Lipinski definition) is 2. The minimum atomic E-state index is -2.33. The predicted molar refractivity (Wildman–Crippen MR) is 128 cm³/mol. The van der Waals surface area contributed by atoms with Gasteiger partial charge in [0.05, 0.1) is 12.9 Å². The molecule has 0 saturated carbocycles. The van der Waals surface area contributed by atoms with E-state index >= 15 is 4.39 Å². The predicted octanol–water partition coefficient (Wildman–Crippen LogP) is 3.70. The molecule has 9 nitrogen and oxygen atoms in total. The molecule has 0 spiro atoms. The van der Waals surface area contributed by atoms with Crippen LogP contribution in [0.3, 0.4) is 0 Å². The highest BCUT2D eigenvalue weighted by Crippen LogP contribution is 2.42. The summed E-state index contributed by atoms with van der Waals surface area (Å²) in [5.41, 5.74) is 1.07. The van der Waals surface area contributed by atoms with Crippen molar-refractivity contribution in [2.75, 3.05) is 11.9 Å². The highest BCUT2D eigenvalue weighted by atomic mass is 28.4. The van der Waals surface area contributed by atoms with Crippen LogP contribution in [0.4, 0.5) is 10.2 Å². The maximum atomic E-state index is 15.7. The number of ether oxygens (including phenoxy) is 1. The number of alkyl halides is 1. The maximum Gasteiger partial charge on any atom is 0.256 e. The van der Waals surface area contributed by atoms with Crippen LogP contribution in [0.2, 0.25) is 18.1 Å². The summed E-state index contributed by atoms with van der Waals surface area (Å²) >= 11 is 0. The van der Waals surface area contributed by atoms with Gasteiger partial charge in [-0.25, -0.2) is 19.3 Å². The molecule has 2 N–H and O–H groups in total. The van der Waals surface area contributed by atoms with Crippen LogP contribution in [0.1, 0.15) is 37.4 Å². The summed E-state index contributed by atoms with van der Waals surface area (Å²) < 4.78 is 29.4. The van der Waals surface area contributed by atoms with Gasteiger partial charge in [-0.15, -0.1) is 0 Å². The van der Waals surface area contributed by atoms with Gasteiger partial charge in [-0.3, -0.25) is 9.36 Å². The van der Waals surface area contributed by atoms with Crippen molar-refractivity contribution in [1.82, 2.24) is 19.5 Å². The van der Waals surface area contributed by atoms with Crippen LogP contribution in [-0.4, -0.2) is 63.8 Å². The Morgan fingerprint density at radius 1 is 1.24 bits per heavy atom. The van der Waals surface area contributed by atoms with Crippen LogP contribution in [0, 0.1) is 0 Å². The first-order chi connectivity index (χ1) is 16.0. The van der Waals surface area contributed by atoms with E-state index < -0.39 is 32.9 Å². The highest BCUT2D eigenvalue weighted by Gasteiger charge is 2.51. The fourth-order valence-corrected chi connectivity index (χ4v) is 4.94. The molecular weight excluding hydrogens is 457 g/mol. The Labute approximate surface area is 198 Å². The molecule has 1 fully saturated rings. The molecule has 34 heavy (non-hydrogen) atoms. The van der Waals surface area contributed by atoms with E-state index in [0.29, 0.717) is 16.7 Å². The van der Waals surface area contributed by atoms with Crippen LogP contribution in [0.5, 0.6) is 0 Å². The summed E-state index contributed by atoms with van der Waals surface area (Å²) in [4.78, 5) is 25.3. The topological polar surface area (TPSA) is 111 Å². The van der Waals surface area contributed by atoms with Gasteiger partial charge in [0.25, 0.3) is 5.91 Å². The number of rotatable bonds is 6. The Balaban J connectivity index is 1.61. The molecule has 0 radical (unpaired) electrons. The van der Waals surface area contributed by atoms with Crippen molar-refractivity contribution < 1.29 is 23.5 Å². The molecule has 1 saturated heterocycles. The van der Waals surface area contributed by atoms with Crippen molar-refractivity contribution in [3.63, 3.8) is 0 Å². The van der Waals surface area contributed by atoms with Crippen LogP contribution in [0.15, 0.2) is 43.0 Å². The Kier molecular flexibility index (Phi) is 6.56. The van der Waals surface area contributed by atoms with Gasteiger partial charge in [-0.05, 0) is 30.3 Å². The number of benzene rings is 1. The average molecular weight is 488 g/mol. The number of imidazole rings is 1. The number of aliphatic hydroxyl groups excluding tert-OH is 1. The number of amides is 1. The normalized spacial score (nSPS) is 23.4. The molecule has 3 aromatic rings. The van der Waals surface area contributed by atoms with Gasteiger partial charge in [-0.2, -0.15) is 0 Å². The SMILES string of the molecule is CC(C)(C)[Si](C)(C)O[C@@H]1[C@@H](CO)OC(n2cnc3c(NC(=O)c4ccccc4)ncnc32)[C@@H]1F. The van der Waals surface area contributed by atoms with Crippen molar-refractivity contribution in [3.8, 4) is 0 Å². The lowest BCUT2D eigenvalue weighted by molar-refractivity contribution is -0.0445. The van der Waals surface area contributed by atoms with Crippen molar-refractivity contribution in [2.45, 2.75) is 63.5 Å². The summed E-state index contributed by atoms with van der Waals surface area (Å²) in [6.45, 7) is 9.89. The molecule has 2 aromatic heterocycles. The zero-order chi connectivity index (χ0) is 24.7. The van der Waals surface area contributed by atoms with E-state index in [1.807, 2.05) is 19.2 Å². The molecule has 4 atom stereocenters. The van der Waals surface area contributed by atoms with Gasteiger partial charge in [-0.1, -0.05) is 39.0 Å². The molecule has 1 amide bonds. The lowest BCUT2D eigenvalue weighted by Crippen LogP contribution is -2.49. The third-order valence-electron chi connectivity index (χ3n) is 6.58. The van der Waals surface area contributed by atoms with Crippen LogP contribution < -0.4 is 5.32 Å². The second-order valence-electron chi connectivity index (χ2n) is 9.90. The number of carbonyl (C=O) groups is 1. The zero-order valence-electron chi connectivity index (χ0n) is 19.9. The van der Waals surface area contributed by atoms with Crippen molar-refractivity contribution in [3.05, 3.63) is 48.5 Å². The lowest BCUT2D eigenvalue weighted by Gasteiger charge is -2.39. The van der Waals surface area contributed by atoms with Crippen LogP contribution in [-0.2, 0) is 9.16 Å². The Morgan fingerprint density at radius 2 is 1.94 bits per heavy atom. The molecule has 1 aliphatic rings. The largest absolute Gasteiger partial charge is 0.408 e. The van der Waals surface area contributed by atoms with Gasteiger partial charge in [0.1, 0.15) is 18.5 Å². The molecule has 1 unspecified atom stereocenters. The number of nitrogens with one attached hydrogen (secondary N) is 1. The summed E-state index contributed by atoms with van der Waals surface area (Å²) in [7, 11) is -2.33. The van der Waals surface area contributed by atoms with Gasteiger partial charge in [0, 0.05) is 5.56 Å². The number of aromatic nitrogens is 4. The summed E-state index contributed by atoms with van der Waals surface area (Å²) in [6, 6.07) is 8.71. The number of carbonyl (C=O) groups excluding carboxylic acids is 1. The molecule has 3 heterocycles. The number of hydrogen-bond acceptors (Lipinski definition) is 7. The molecule has 4 rings (SSSR count). The van der Waals surface area contributed by atoms with Gasteiger partial charge >= 0.3 is 0 Å². The molecule has 11 heteroatoms. The van der Waals surface area contributed by atoms with Crippen molar-refractivity contribution in [1.29, 1.82) is 0 Å². The van der Waals surface area contributed by atoms with Gasteiger partial charge in [0.2, 0.25) is 0 Å². The minimum Gasteiger partial charge on any atom is -0.408 e. The number of nitrogens with zero attached hydrogens (tertiary/aromatic N) is 4. The second-order valence-corrected chi connectivity index (χ2v) is 14.7. The Morgan fingerprint density at radius 3 is 2.59 bits per heavy atom. The third-order valence-corrected chi connectivity index (χ3v) is 11.1. The molecule has 0 bridgehead atoms. The number of anilines is 1. The van der Waals surface area contributed by atoms with E-state index in [1.54, 1.807) is 24.3 Å². The van der Waals surface area contributed by atoms with E-state index in [4.69, 9.17) is 9.16 Å². The van der Waals surface area contributed by atoms with Crippen LogP contribution in [0.25, 0.3) is 11.2 Å². The first-order valence-corrected chi connectivity index (χ1v) is 14.1. The first kappa shape index (κ1) is 24.4. The molecular formula is C23H30FN5O4Si. The smallest absolute Gasteiger partial charge is 0.256 e. The average Bonchev–Trinajstić information content (AvgIpc) is 3.35. The summed E-state index contributed by atoms with van der Waals surface area (Å²) in [5.74, 6) is -0.141. The van der Waals surface area contributed by atoms with E-state index in [-0.39, 0.29) is 23.4 Å². The first-order valence-electron chi connectivity index (χ1n) is 11.2. The van der Waals surface area contributed by atoms with E-state index in [9.17, 15) is 9.90 Å². The highest BCUT2D eigenvalue weighted by molar-refractivity contribution is 6.74. The maximum absolute atomic E-state index is 15.7.